The average molecular weight is 426 g/mol. The van der Waals surface area contributed by atoms with Crippen LogP contribution in [0.2, 0.25) is 0 Å². The van der Waals surface area contributed by atoms with Crippen molar-refractivity contribution < 1.29 is 14.2 Å². The van der Waals surface area contributed by atoms with Crippen molar-refractivity contribution in [3.05, 3.63) is 57.7 Å². The lowest BCUT2D eigenvalue weighted by Crippen LogP contribution is -2.14. The highest BCUT2D eigenvalue weighted by Crippen LogP contribution is 2.38. The number of hydrogen-bond donors (Lipinski definition) is 0. The molecule has 0 spiro atoms. The summed E-state index contributed by atoms with van der Waals surface area (Å²) in [5.74, 6) is 1.74. The first-order valence-electron chi connectivity index (χ1n) is 9.66. The molecule has 0 aliphatic carbocycles. The molecule has 2 aromatic carbocycles. The van der Waals surface area contributed by atoms with Crippen molar-refractivity contribution in [1.82, 2.24) is 4.68 Å². The Morgan fingerprint density at radius 2 is 1.63 bits per heavy atom. The van der Waals surface area contributed by atoms with E-state index >= 15 is 0 Å². The molecule has 1 aromatic heterocycles. The van der Waals surface area contributed by atoms with Gasteiger partial charge in [0.2, 0.25) is 10.6 Å². The van der Waals surface area contributed by atoms with Crippen molar-refractivity contribution in [2.24, 2.45) is 10.1 Å². The minimum absolute atomic E-state index is 0.557. The maximum atomic E-state index is 5.49. The summed E-state index contributed by atoms with van der Waals surface area (Å²) in [6.45, 7) is 6.74. The molecule has 0 saturated carbocycles. The summed E-state index contributed by atoms with van der Waals surface area (Å²) in [6, 6.07) is 12.2. The number of aromatic nitrogens is 1. The Bertz CT molecular complexity index is 1090. The minimum atomic E-state index is 0.557. The van der Waals surface area contributed by atoms with Gasteiger partial charge in [0, 0.05) is 23.1 Å². The lowest BCUT2D eigenvalue weighted by Gasteiger charge is -2.14. The predicted octanol–water partition coefficient (Wildman–Crippen LogP) is 4.74. The van der Waals surface area contributed by atoms with E-state index in [1.54, 1.807) is 32.7 Å². The molecule has 0 aliphatic rings. The van der Waals surface area contributed by atoms with E-state index in [0.717, 1.165) is 27.3 Å². The van der Waals surface area contributed by atoms with Gasteiger partial charge in [-0.2, -0.15) is 5.10 Å². The molecule has 30 heavy (non-hydrogen) atoms. The summed E-state index contributed by atoms with van der Waals surface area (Å²) in [5.41, 5.74) is 4.99. The zero-order chi connectivity index (χ0) is 21.7. The highest BCUT2D eigenvalue weighted by atomic mass is 32.1. The smallest absolute Gasteiger partial charge is 0.206 e. The Hall–Kier alpha value is -3.06. The highest BCUT2D eigenvalue weighted by Gasteiger charge is 2.15. The Labute approximate surface area is 181 Å². The molecule has 3 aromatic rings. The number of ether oxygens (including phenoxy) is 3. The molecule has 0 aliphatic heterocycles. The van der Waals surface area contributed by atoms with Crippen LogP contribution in [0.5, 0.6) is 17.2 Å². The van der Waals surface area contributed by atoms with Gasteiger partial charge in [-0.25, -0.2) is 4.68 Å². The van der Waals surface area contributed by atoms with Crippen LogP contribution in [-0.2, 0) is 0 Å². The van der Waals surface area contributed by atoms with Crippen molar-refractivity contribution in [3.8, 4) is 28.5 Å². The van der Waals surface area contributed by atoms with Gasteiger partial charge in [0.15, 0.2) is 11.5 Å². The second kappa shape index (κ2) is 9.63. The van der Waals surface area contributed by atoms with Gasteiger partial charge in [0.25, 0.3) is 0 Å². The maximum absolute atomic E-state index is 5.49. The second-order valence-electron chi connectivity index (χ2n) is 6.66. The second-order valence-corrected chi connectivity index (χ2v) is 7.49. The topological polar surface area (TPSA) is 57.3 Å². The number of hydrogen-bond acceptors (Lipinski definition) is 6. The Kier molecular flexibility index (Phi) is 6.95. The van der Waals surface area contributed by atoms with Crippen molar-refractivity contribution in [2.75, 3.05) is 27.9 Å². The molecular formula is C23H27N3O3S. The fourth-order valence-corrected chi connectivity index (χ4v) is 3.96. The molecular weight excluding hydrogens is 398 g/mol. The number of nitrogens with zero attached hydrogens (tertiary/aromatic N) is 3. The summed E-state index contributed by atoms with van der Waals surface area (Å²) in [6.07, 6.45) is 0. The van der Waals surface area contributed by atoms with Crippen LogP contribution in [0.3, 0.4) is 0 Å². The van der Waals surface area contributed by atoms with E-state index in [4.69, 9.17) is 19.3 Å². The van der Waals surface area contributed by atoms with E-state index in [0.29, 0.717) is 23.8 Å². The van der Waals surface area contributed by atoms with Gasteiger partial charge in [-0.05, 0) is 32.9 Å². The minimum Gasteiger partial charge on any atom is -0.493 e. The molecule has 0 atom stereocenters. The van der Waals surface area contributed by atoms with Crippen LogP contribution in [0.25, 0.3) is 11.3 Å². The van der Waals surface area contributed by atoms with Gasteiger partial charge in [-0.3, -0.25) is 4.99 Å². The third kappa shape index (κ3) is 4.41. The van der Waals surface area contributed by atoms with Crippen LogP contribution in [0.1, 0.15) is 25.0 Å². The number of thiazole rings is 1. The van der Waals surface area contributed by atoms with Gasteiger partial charge in [0.05, 0.1) is 32.7 Å². The van der Waals surface area contributed by atoms with Gasteiger partial charge in [-0.15, -0.1) is 11.3 Å². The SMILES string of the molecule is CCN=c1scc(-c2ccc(C)cc2)n1N=C(C)c1cc(OC)c(OC)c(OC)c1. The van der Waals surface area contributed by atoms with E-state index in [1.165, 1.54) is 5.56 Å². The molecule has 0 saturated heterocycles. The van der Waals surface area contributed by atoms with Gasteiger partial charge >= 0.3 is 0 Å². The summed E-state index contributed by atoms with van der Waals surface area (Å²) in [4.78, 5) is 5.46. The Morgan fingerprint density at radius 3 is 2.17 bits per heavy atom. The fourth-order valence-electron chi connectivity index (χ4n) is 3.06. The van der Waals surface area contributed by atoms with E-state index in [-0.39, 0.29) is 0 Å². The van der Waals surface area contributed by atoms with Crippen LogP contribution in [0, 0.1) is 6.92 Å². The first-order chi connectivity index (χ1) is 14.5. The molecule has 3 rings (SSSR count). The van der Waals surface area contributed by atoms with Crippen molar-refractivity contribution in [3.63, 3.8) is 0 Å². The molecule has 0 N–H and O–H groups in total. The number of rotatable bonds is 7. The molecule has 158 valence electrons. The average Bonchev–Trinajstić information content (AvgIpc) is 3.15. The van der Waals surface area contributed by atoms with Crippen LogP contribution in [0.15, 0.2) is 51.9 Å². The normalized spacial score (nSPS) is 12.2. The van der Waals surface area contributed by atoms with Crippen LogP contribution in [-0.4, -0.2) is 38.3 Å². The molecule has 0 amide bonds. The third-order valence-corrected chi connectivity index (χ3v) is 5.51. The molecule has 7 heteroatoms. The van der Waals surface area contributed by atoms with E-state index in [1.807, 2.05) is 30.7 Å². The molecule has 1 heterocycles. The number of methoxy groups -OCH3 is 3. The molecule has 0 fully saturated rings. The number of aryl methyl sites for hydroxylation is 1. The summed E-state index contributed by atoms with van der Waals surface area (Å²) >= 11 is 1.58. The predicted molar refractivity (Wildman–Crippen MR) is 122 cm³/mol. The first kappa shape index (κ1) is 21.6. The monoisotopic (exact) mass is 425 g/mol. The number of benzene rings is 2. The van der Waals surface area contributed by atoms with E-state index in [2.05, 4.69) is 41.6 Å². The van der Waals surface area contributed by atoms with Crippen LogP contribution >= 0.6 is 11.3 Å². The van der Waals surface area contributed by atoms with Crippen molar-refractivity contribution in [1.29, 1.82) is 0 Å². The first-order valence-corrected chi connectivity index (χ1v) is 10.5. The van der Waals surface area contributed by atoms with Gasteiger partial charge in [0.1, 0.15) is 0 Å². The largest absolute Gasteiger partial charge is 0.493 e. The lowest BCUT2D eigenvalue weighted by molar-refractivity contribution is 0.324. The van der Waals surface area contributed by atoms with Crippen molar-refractivity contribution >= 4 is 17.0 Å². The summed E-state index contributed by atoms with van der Waals surface area (Å²) < 4.78 is 18.3. The standard InChI is InChI=1S/C23H27N3O3S/c1-7-24-23-26(19(14-30-23)17-10-8-15(2)9-11-17)25-16(3)18-12-20(27-4)22(29-6)21(13-18)28-5/h8-14H,7H2,1-6H3. The lowest BCUT2D eigenvalue weighted by atomic mass is 10.1. The highest BCUT2D eigenvalue weighted by molar-refractivity contribution is 7.07. The maximum Gasteiger partial charge on any atom is 0.206 e. The van der Waals surface area contributed by atoms with Crippen molar-refractivity contribution in [2.45, 2.75) is 20.8 Å². The quantitative estimate of drug-likeness (QED) is 0.514. The zero-order valence-electron chi connectivity index (χ0n) is 18.2. The summed E-state index contributed by atoms with van der Waals surface area (Å²) in [7, 11) is 4.80. The fraction of sp³-hybridized carbons (Fsp3) is 0.304. The molecule has 0 radical (unpaired) electrons. The van der Waals surface area contributed by atoms with Gasteiger partial charge in [-0.1, -0.05) is 29.8 Å². The Morgan fingerprint density at radius 1 is 1.00 bits per heavy atom. The van der Waals surface area contributed by atoms with Crippen LogP contribution < -0.4 is 19.0 Å². The van der Waals surface area contributed by atoms with E-state index in [9.17, 15) is 0 Å². The molecule has 6 nitrogen and oxygen atoms in total. The van der Waals surface area contributed by atoms with Gasteiger partial charge < -0.3 is 14.2 Å². The Balaban J connectivity index is 2.16. The molecule has 0 bridgehead atoms. The third-order valence-electron chi connectivity index (χ3n) is 4.66. The zero-order valence-corrected chi connectivity index (χ0v) is 19.0. The van der Waals surface area contributed by atoms with E-state index < -0.39 is 0 Å². The molecule has 0 unspecified atom stereocenters. The summed E-state index contributed by atoms with van der Waals surface area (Å²) in [5, 5.41) is 7.00. The van der Waals surface area contributed by atoms with Crippen LogP contribution in [0.4, 0.5) is 0 Å².